The van der Waals surface area contributed by atoms with Crippen LogP contribution in [0.5, 0.6) is 5.75 Å². The van der Waals surface area contributed by atoms with E-state index in [0.29, 0.717) is 25.1 Å². The summed E-state index contributed by atoms with van der Waals surface area (Å²) in [5.74, 6) is 1.30. The Labute approximate surface area is 150 Å². The minimum Gasteiger partial charge on any atom is -0.491 e. The summed E-state index contributed by atoms with van der Waals surface area (Å²) in [6, 6.07) is 8.62. The van der Waals surface area contributed by atoms with Crippen molar-refractivity contribution in [2.75, 3.05) is 26.2 Å². The van der Waals surface area contributed by atoms with Crippen LogP contribution in [-0.2, 0) is 0 Å². The minimum atomic E-state index is -0.468. The Hall–Kier alpha value is -1.85. The zero-order valence-corrected chi connectivity index (χ0v) is 15.2. The highest BCUT2D eigenvalue weighted by atomic mass is 16.5. The van der Waals surface area contributed by atoms with Gasteiger partial charge in [0.05, 0.1) is 6.33 Å². The molecule has 5 heteroatoms. The van der Waals surface area contributed by atoms with Crippen molar-refractivity contribution in [3.8, 4) is 5.75 Å². The minimum absolute atomic E-state index is 0.338. The van der Waals surface area contributed by atoms with Crippen molar-refractivity contribution in [1.29, 1.82) is 0 Å². The average molecular weight is 343 g/mol. The number of benzene rings is 1. The van der Waals surface area contributed by atoms with Crippen LogP contribution in [0.15, 0.2) is 43.0 Å². The summed E-state index contributed by atoms with van der Waals surface area (Å²) < 4.78 is 8.09. The number of aromatic nitrogens is 2. The summed E-state index contributed by atoms with van der Waals surface area (Å²) in [4.78, 5) is 6.46. The summed E-state index contributed by atoms with van der Waals surface area (Å²) in [5.41, 5.74) is 1.19. The van der Waals surface area contributed by atoms with Crippen molar-refractivity contribution in [1.82, 2.24) is 14.5 Å². The monoisotopic (exact) mass is 343 g/mol. The zero-order valence-electron chi connectivity index (χ0n) is 15.2. The van der Waals surface area contributed by atoms with Crippen molar-refractivity contribution < 1.29 is 9.84 Å². The summed E-state index contributed by atoms with van der Waals surface area (Å²) in [5, 5.41) is 10.4. The molecular formula is C20H29N3O2. The van der Waals surface area contributed by atoms with E-state index in [9.17, 15) is 5.11 Å². The molecule has 5 nitrogen and oxygen atoms in total. The van der Waals surface area contributed by atoms with Crippen LogP contribution in [0.3, 0.4) is 0 Å². The third-order valence-corrected chi connectivity index (χ3v) is 4.94. The van der Waals surface area contributed by atoms with Gasteiger partial charge < -0.3 is 19.3 Å². The van der Waals surface area contributed by atoms with Gasteiger partial charge in [0.2, 0.25) is 0 Å². The topological polar surface area (TPSA) is 50.5 Å². The Kier molecular flexibility index (Phi) is 6.10. The molecule has 1 atom stereocenters. The van der Waals surface area contributed by atoms with Crippen molar-refractivity contribution in [2.24, 2.45) is 0 Å². The van der Waals surface area contributed by atoms with E-state index in [1.807, 2.05) is 36.9 Å². The van der Waals surface area contributed by atoms with Crippen LogP contribution in [0.1, 0.15) is 44.2 Å². The van der Waals surface area contributed by atoms with E-state index in [1.54, 1.807) is 0 Å². The number of aliphatic hydroxyl groups excluding tert-OH is 1. The number of hydrogen-bond donors (Lipinski definition) is 1. The molecule has 2 heterocycles. The lowest BCUT2D eigenvalue weighted by Gasteiger charge is -2.33. The quantitative estimate of drug-likeness (QED) is 0.839. The van der Waals surface area contributed by atoms with E-state index in [1.165, 1.54) is 5.56 Å². The van der Waals surface area contributed by atoms with E-state index in [0.717, 1.165) is 31.7 Å². The second kappa shape index (κ2) is 8.50. The molecule has 1 saturated heterocycles. The molecule has 1 N–H and O–H groups in total. The van der Waals surface area contributed by atoms with Crippen LogP contribution in [0.25, 0.3) is 0 Å². The van der Waals surface area contributed by atoms with E-state index in [-0.39, 0.29) is 0 Å². The third kappa shape index (κ3) is 4.83. The SMILES string of the molecule is CC(C)c1ccccc1OCC(O)CN1CCC(n2ccnc2)CC1. The van der Waals surface area contributed by atoms with Gasteiger partial charge >= 0.3 is 0 Å². The number of hydrogen-bond acceptors (Lipinski definition) is 4. The summed E-state index contributed by atoms with van der Waals surface area (Å²) in [6.07, 6.45) is 7.50. The number of β-amino-alcohol motifs (C(OH)–C–C–N with tert-alkyl or cyclic N) is 1. The van der Waals surface area contributed by atoms with E-state index >= 15 is 0 Å². The Morgan fingerprint density at radius 2 is 2.00 bits per heavy atom. The number of nitrogens with zero attached hydrogens (tertiary/aromatic N) is 3. The van der Waals surface area contributed by atoms with Gasteiger partial charge in [-0.1, -0.05) is 32.0 Å². The molecule has 25 heavy (non-hydrogen) atoms. The van der Waals surface area contributed by atoms with E-state index in [2.05, 4.69) is 34.4 Å². The molecule has 0 spiro atoms. The second-order valence-electron chi connectivity index (χ2n) is 7.20. The molecule has 3 rings (SSSR count). The maximum atomic E-state index is 10.4. The van der Waals surface area contributed by atoms with Crippen LogP contribution in [0, 0.1) is 0 Å². The Balaban J connectivity index is 1.44. The van der Waals surface area contributed by atoms with E-state index < -0.39 is 6.10 Å². The van der Waals surface area contributed by atoms with Gasteiger partial charge in [-0.2, -0.15) is 0 Å². The molecule has 1 fully saturated rings. The van der Waals surface area contributed by atoms with Gasteiger partial charge in [-0.25, -0.2) is 4.98 Å². The Bertz CT molecular complexity index is 634. The molecule has 1 aromatic heterocycles. The Morgan fingerprint density at radius 3 is 2.68 bits per heavy atom. The Morgan fingerprint density at radius 1 is 1.24 bits per heavy atom. The van der Waals surface area contributed by atoms with Gasteiger partial charge in [0.25, 0.3) is 0 Å². The smallest absolute Gasteiger partial charge is 0.122 e. The summed E-state index contributed by atoms with van der Waals surface area (Å²) >= 11 is 0. The number of likely N-dealkylation sites (tertiary alicyclic amines) is 1. The molecule has 1 aromatic carbocycles. The second-order valence-corrected chi connectivity index (χ2v) is 7.20. The van der Waals surface area contributed by atoms with Gasteiger partial charge in [-0.05, 0) is 30.4 Å². The summed E-state index contributed by atoms with van der Waals surface area (Å²) in [7, 11) is 0. The molecule has 0 aliphatic carbocycles. The first-order valence-electron chi connectivity index (χ1n) is 9.23. The maximum absolute atomic E-state index is 10.4. The maximum Gasteiger partial charge on any atom is 0.122 e. The number of aliphatic hydroxyl groups is 1. The molecule has 2 aromatic rings. The van der Waals surface area contributed by atoms with Crippen LogP contribution in [0.2, 0.25) is 0 Å². The predicted octanol–water partition coefficient (Wildman–Crippen LogP) is 3.08. The lowest BCUT2D eigenvalue weighted by Crippen LogP contribution is -2.41. The molecule has 1 unspecified atom stereocenters. The van der Waals surface area contributed by atoms with Crippen molar-refractivity contribution in [3.05, 3.63) is 48.5 Å². The molecule has 1 aliphatic heterocycles. The third-order valence-electron chi connectivity index (χ3n) is 4.94. The number of ether oxygens (including phenoxy) is 1. The number of rotatable bonds is 7. The van der Waals surface area contributed by atoms with Gasteiger partial charge in [0, 0.05) is 38.1 Å². The van der Waals surface area contributed by atoms with Gasteiger partial charge in [0.15, 0.2) is 0 Å². The van der Waals surface area contributed by atoms with Crippen molar-refractivity contribution >= 4 is 0 Å². The largest absolute Gasteiger partial charge is 0.491 e. The molecule has 0 saturated carbocycles. The number of piperidine rings is 1. The van der Waals surface area contributed by atoms with Gasteiger partial charge in [0.1, 0.15) is 18.5 Å². The van der Waals surface area contributed by atoms with Gasteiger partial charge in [-0.15, -0.1) is 0 Å². The van der Waals surface area contributed by atoms with Crippen LogP contribution in [0.4, 0.5) is 0 Å². The van der Waals surface area contributed by atoms with Gasteiger partial charge in [-0.3, -0.25) is 0 Å². The van der Waals surface area contributed by atoms with E-state index in [4.69, 9.17) is 4.74 Å². The molecule has 0 radical (unpaired) electrons. The lowest BCUT2D eigenvalue weighted by atomic mass is 10.0. The fourth-order valence-corrected chi connectivity index (χ4v) is 3.51. The highest BCUT2D eigenvalue weighted by Gasteiger charge is 2.22. The first-order valence-corrected chi connectivity index (χ1v) is 9.23. The number of para-hydroxylation sites is 1. The van der Waals surface area contributed by atoms with Crippen LogP contribution >= 0.6 is 0 Å². The first kappa shape index (κ1) is 18.0. The molecule has 0 bridgehead atoms. The van der Waals surface area contributed by atoms with Crippen molar-refractivity contribution in [2.45, 2.75) is 44.8 Å². The average Bonchev–Trinajstić information content (AvgIpc) is 3.15. The zero-order chi connectivity index (χ0) is 17.6. The summed E-state index contributed by atoms with van der Waals surface area (Å²) in [6.45, 7) is 7.32. The molecule has 1 aliphatic rings. The van der Waals surface area contributed by atoms with Crippen molar-refractivity contribution in [3.63, 3.8) is 0 Å². The highest BCUT2D eigenvalue weighted by Crippen LogP contribution is 2.26. The first-order chi connectivity index (χ1) is 12.1. The number of imidazole rings is 1. The molecule has 136 valence electrons. The van der Waals surface area contributed by atoms with Crippen LogP contribution < -0.4 is 4.74 Å². The lowest BCUT2D eigenvalue weighted by molar-refractivity contribution is 0.0555. The molecular weight excluding hydrogens is 314 g/mol. The fourth-order valence-electron chi connectivity index (χ4n) is 3.51. The normalized spacial score (nSPS) is 17.8. The highest BCUT2D eigenvalue weighted by molar-refractivity contribution is 5.35. The standard InChI is InChI=1S/C20H29N3O2/c1-16(2)19-5-3-4-6-20(19)25-14-18(24)13-22-10-7-17(8-11-22)23-12-9-21-15-23/h3-6,9,12,15-18,24H,7-8,10-11,13-14H2,1-2H3. The predicted molar refractivity (Wildman–Crippen MR) is 99.0 cm³/mol. The molecule has 0 amide bonds. The van der Waals surface area contributed by atoms with Crippen LogP contribution in [-0.4, -0.2) is 51.9 Å². The fraction of sp³-hybridized carbons (Fsp3) is 0.550.